The molecular formula is C21H19N5O3. The summed E-state index contributed by atoms with van der Waals surface area (Å²) in [4.78, 5) is 27.4. The van der Waals surface area contributed by atoms with Gasteiger partial charge in [0, 0.05) is 37.3 Å². The Kier molecular flexibility index (Phi) is 4.51. The van der Waals surface area contributed by atoms with E-state index in [0.717, 1.165) is 30.4 Å². The van der Waals surface area contributed by atoms with Crippen LogP contribution >= 0.6 is 0 Å². The summed E-state index contributed by atoms with van der Waals surface area (Å²) in [5, 5.41) is 4.93. The number of furan rings is 1. The third kappa shape index (κ3) is 3.61. The zero-order valence-corrected chi connectivity index (χ0v) is 15.7. The van der Waals surface area contributed by atoms with Crippen LogP contribution in [0, 0.1) is 5.92 Å². The molecule has 4 heterocycles. The molecule has 0 aliphatic carbocycles. The van der Waals surface area contributed by atoms with Gasteiger partial charge in [-0.25, -0.2) is 4.98 Å². The molecule has 8 heteroatoms. The maximum atomic E-state index is 12.9. The van der Waals surface area contributed by atoms with E-state index in [-0.39, 0.29) is 11.8 Å². The van der Waals surface area contributed by atoms with Gasteiger partial charge in [0.15, 0.2) is 5.76 Å². The average molecular weight is 389 g/mol. The molecule has 0 bridgehead atoms. The van der Waals surface area contributed by atoms with Gasteiger partial charge in [-0.3, -0.25) is 9.78 Å². The highest BCUT2D eigenvalue weighted by Gasteiger charge is 2.28. The molecule has 8 nitrogen and oxygen atoms in total. The molecule has 1 amide bonds. The highest BCUT2D eigenvalue weighted by molar-refractivity contribution is 5.96. The van der Waals surface area contributed by atoms with Crippen LogP contribution in [0.1, 0.15) is 29.3 Å². The Morgan fingerprint density at radius 1 is 1.24 bits per heavy atom. The molecular weight excluding hydrogens is 370 g/mol. The Labute approximate surface area is 166 Å². The van der Waals surface area contributed by atoms with E-state index in [0.29, 0.717) is 36.1 Å². The van der Waals surface area contributed by atoms with Crippen molar-refractivity contribution in [2.45, 2.75) is 19.3 Å². The van der Waals surface area contributed by atoms with Gasteiger partial charge >= 0.3 is 0 Å². The molecule has 0 saturated carbocycles. The fourth-order valence-corrected chi connectivity index (χ4v) is 3.76. The summed E-state index contributed by atoms with van der Waals surface area (Å²) in [7, 11) is 0. The van der Waals surface area contributed by atoms with Crippen LogP contribution in [0.15, 0.2) is 57.9 Å². The van der Waals surface area contributed by atoms with Crippen LogP contribution < -0.4 is 0 Å². The molecule has 1 atom stereocenters. The van der Waals surface area contributed by atoms with Gasteiger partial charge in [-0.05, 0) is 30.9 Å². The standard InChI is InChI=1S/C21H19N5O3/c27-21(18-11-15-5-1-2-6-17(15)28-18)26-9-3-4-14(13-26)10-19-24-20(25-29-19)16-12-22-7-8-23-16/h1-2,5-8,11-12,14H,3-4,9-10,13H2. The Morgan fingerprint density at radius 2 is 2.17 bits per heavy atom. The zero-order chi connectivity index (χ0) is 19.6. The van der Waals surface area contributed by atoms with Crippen molar-refractivity contribution in [3.05, 3.63) is 60.6 Å². The van der Waals surface area contributed by atoms with Crippen molar-refractivity contribution in [2.24, 2.45) is 5.92 Å². The number of carbonyl (C=O) groups excluding carboxylic acids is 1. The number of fused-ring (bicyclic) bond motifs is 1. The number of rotatable bonds is 4. The molecule has 5 rings (SSSR count). The van der Waals surface area contributed by atoms with E-state index < -0.39 is 0 Å². The molecule has 0 radical (unpaired) electrons. The Hall–Kier alpha value is -3.55. The van der Waals surface area contributed by atoms with Crippen LogP contribution in [0.25, 0.3) is 22.5 Å². The first-order valence-corrected chi connectivity index (χ1v) is 9.63. The van der Waals surface area contributed by atoms with Crippen molar-refractivity contribution < 1.29 is 13.7 Å². The van der Waals surface area contributed by atoms with Crippen molar-refractivity contribution >= 4 is 16.9 Å². The molecule has 0 N–H and O–H groups in total. The zero-order valence-electron chi connectivity index (χ0n) is 15.7. The summed E-state index contributed by atoms with van der Waals surface area (Å²) in [6.45, 7) is 1.36. The number of nitrogens with zero attached hydrogens (tertiary/aromatic N) is 5. The number of likely N-dealkylation sites (tertiary alicyclic amines) is 1. The number of benzene rings is 1. The topological polar surface area (TPSA) is 98.2 Å². The van der Waals surface area contributed by atoms with Gasteiger partial charge < -0.3 is 13.8 Å². The van der Waals surface area contributed by atoms with Crippen LogP contribution in [-0.2, 0) is 6.42 Å². The minimum atomic E-state index is -0.0725. The van der Waals surface area contributed by atoms with Crippen LogP contribution in [-0.4, -0.2) is 44.0 Å². The maximum absolute atomic E-state index is 12.9. The van der Waals surface area contributed by atoms with E-state index in [9.17, 15) is 4.79 Å². The van der Waals surface area contributed by atoms with Crippen molar-refractivity contribution in [2.75, 3.05) is 13.1 Å². The van der Waals surface area contributed by atoms with Gasteiger partial charge in [-0.1, -0.05) is 23.4 Å². The quantitative estimate of drug-likeness (QED) is 0.528. The minimum Gasteiger partial charge on any atom is -0.451 e. The predicted molar refractivity (Wildman–Crippen MR) is 104 cm³/mol. The van der Waals surface area contributed by atoms with Gasteiger partial charge in [0.05, 0.1) is 6.20 Å². The fourth-order valence-electron chi connectivity index (χ4n) is 3.76. The Bertz CT molecular complexity index is 1100. The van der Waals surface area contributed by atoms with E-state index in [1.165, 1.54) is 0 Å². The van der Waals surface area contributed by atoms with Crippen LogP contribution in [0.4, 0.5) is 0 Å². The lowest BCUT2D eigenvalue weighted by molar-refractivity contribution is 0.0638. The van der Waals surface area contributed by atoms with Crippen molar-refractivity contribution in [3.8, 4) is 11.5 Å². The normalized spacial score (nSPS) is 17.0. The molecule has 4 aromatic rings. The van der Waals surface area contributed by atoms with E-state index in [1.807, 2.05) is 35.2 Å². The van der Waals surface area contributed by atoms with Gasteiger partial charge in [0.2, 0.25) is 11.7 Å². The average Bonchev–Trinajstić information content (AvgIpc) is 3.41. The second-order valence-electron chi connectivity index (χ2n) is 7.21. The monoisotopic (exact) mass is 389 g/mol. The van der Waals surface area contributed by atoms with Gasteiger partial charge in [0.1, 0.15) is 11.3 Å². The second-order valence-corrected chi connectivity index (χ2v) is 7.21. The van der Waals surface area contributed by atoms with Crippen molar-refractivity contribution in [3.63, 3.8) is 0 Å². The molecule has 146 valence electrons. The van der Waals surface area contributed by atoms with Gasteiger partial charge in [-0.15, -0.1) is 0 Å². The summed E-state index contributed by atoms with van der Waals surface area (Å²) in [6.07, 6.45) is 7.35. The lowest BCUT2D eigenvalue weighted by atomic mass is 9.94. The molecule has 1 aliphatic heterocycles. The fraction of sp³-hybridized carbons (Fsp3) is 0.286. The molecule has 0 spiro atoms. The third-order valence-electron chi connectivity index (χ3n) is 5.17. The van der Waals surface area contributed by atoms with Crippen molar-refractivity contribution in [1.82, 2.24) is 25.0 Å². The molecule has 1 fully saturated rings. The summed E-state index contributed by atoms with van der Waals surface area (Å²) >= 11 is 0. The second kappa shape index (κ2) is 7.46. The Morgan fingerprint density at radius 3 is 3.03 bits per heavy atom. The summed E-state index contributed by atoms with van der Waals surface area (Å²) < 4.78 is 11.1. The minimum absolute atomic E-state index is 0.0725. The molecule has 1 aliphatic rings. The SMILES string of the molecule is O=C(c1cc2ccccc2o1)N1CCCC(Cc2nc(-c3cnccn3)no2)C1. The molecule has 29 heavy (non-hydrogen) atoms. The number of aromatic nitrogens is 4. The van der Waals surface area contributed by atoms with Gasteiger partial charge in [0.25, 0.3) is 5.91 Å². The van der Waals surface area contributed by atoms with E-state index in [4.69, 9.17) is 8.94 Å². The van der Waals surface area contributed by atoms with E-state index in [2.05, 4.69) is 20.1 Å². The number of para-hydroxylation sites is 1. The lowest BCUT2D eigenvalue weighted by Crippen LogP contribution is -2.40. The summed E-state index contributed by atoms with van der Waals surface area (Å²) in [5.41, 5.74) is 1.31. The van der Waals surface area contributed by atoms with E-state index >= 15 is 0 Å². The number of piperidine rings is 1. The number of carbonyl (C=O) groups is 1. The van der Waals surface area contributed by atoms with Crippen molar-refractivity contribution in [1.29, 1.82) is 0 Å². The largest absolute Gasteiger partial charge is 0.451 e. The van der Waals surface area contributed by atoms with Crippen LogP contribution in [0.3, 0.4) is 0 Å². The van der Waals surface area contributed by atoms with E-state index in [1.54, 1.807) is 18.6 Å². The number of hydrogen-bond donors (Lipinski definition) is 0. The first-order chi connectivity index (χ1) is 14.3. The molecule has 1 aromatic carbocycles. The van der Waals surface area contributed by atoms with Gasteiger partial charge in [-0.2, -0.15) is 4.98 Å². The Balaban J connectivity index is 1.27. The van der Waals surface area contributed by atoms with Crippen LogP contribution in [0.5, 0.6) is 0 Å². The predicted octanol–water partition coefficient (Wildman–Crippen LogP) is 3.37. The third-order valence-corrected chi connectivity index (χ3v) is 5.17. The molecule has 1 unspecified atom stereocenters. The summed E-state index contributed by atoms with van der Waals surface area (Å²) in [5.74, 6) is 1.55. The molecule has 3 aromatic heterocycles. The number of amides is 1. The molecule has 1 saturated heterocycles. The smallest absolute Gasteiger partial charge is 0.289 e. The first kappa shape index (κ1) is 17.5. The lowest BCUT2D eigenvalue weighted by Gasteiger charge is -2.31. The highest BCUT2D eigenvalue weighted by atomic mass is 16.5. The summed E-state index contributed by atoms with van der Waals surface area (Å²) in [6, 6.07) is 9.46. The number of hydrogen-bond acceptors (Lipinski definition) is 7. The van der Waals surface area contributed by atoms with Crippen LogP contribution in [0.2, 0.25) is 0 Å². The first-order valence-electron chi connectivity index (χ1n) is 9.63. The highest BCUT2D eigenvalue weighted by Crippen LogP contribution is 2.25. The maximum Gasteiger partial charge on any atom is 0.289 e.